The number of halogens is 1. The zero-order valence-electron chi connectivity index (χ0n) is 14.6. The maximum atomic E-state index is 11.9. The Balaban J connectivity index is 1.83. The second kappa shape index (κ2) is 7.58. The molecule has 1 N–H and O–H groups in total. The van der Waals surface area contributed by atoms with Crippen LogP contribution in [0.2, 0.25) is 5.02 Å². The van der Waals surface area contributed by atoms with Crippen molar-refractivity contribution in [2.75, 3.05) is 20.1 Å². The number of piperidine rings is 1. The number of benzene rings is 1. The van der Waals surface area contributed by atoms with Crippen molar-refractivity contribution in [3.05, 3.63) is 44.8 Å². The molecule has 25 heavy (non-hydrogen) atoms. The van der Waals surface area contributed by atoms with Crippen LogP contribution in [0.3, 0.4) is 0 Å². The Kier molecular flexibility index (Phi) is 5.45. The minimum atomic E-state index is -0.341. The average Bonchev–Trinajstić information content (AvgIpc) is 2.61. The van der Waals surface area contributed by atoms with Crippen LogP contribution in [-0.4, -0.2) is 30.9 Å². The maximum Gasteiger partial charge on any atom is 0.336 e. The van der Waals surface area contributed by atoms with Crippen molar-refractivity contribution in [2.24, 2.45) is 5.92 Å². The molecule has 0 aliphatic carbocycles. The van der Waals surface area contributed by atoms with Gasteiger partial charge in [-0.2, -0.15) is 0 Å². The Bertz CT molecular complexity index is 838. The maximum absolute atomic E-state index is 11.9. The van der Waals surface area contributed by atoms with E-state index in [9.17, 15) is 9.59 Å². The number of carbonyl (C=O) groups is 1. The van der Waals surface area contributed by atoms with Crippen LogP contribution in [0.5, 0.6) is 0 Å². The number of fused-ring (bicyclic) bond motifs is 1. The lowest BCUT2D eigenvalue weighted by molar-refractivity contribution is -0.125. The van der Waals surface area contributed by atoms with E-state index in [1.165, 1.54) is 0 Å². The quantitative estimate of drug-likeness (QED) is 0.849. The summed E-state index contributed by atoms with van der Waals surface area (Å²) in [5.41, 5.74) is 2.14. The predicted octanol–water partition coefficient (Wildman–Crippen LogP) is 2.97. The number of amides is 1. The SMILES string of the molecule is CCc1cc2oc(=O)cc(CN3CCC(C(=O)NC)CC3)c2cc1Cl. The number of hydrogen-bond donors (Lipinski definition) is 1. The van der Waals surface area contributed by atoms with Gasteiger partial charge in [-0.15, -0.1) is 0 Å². The molecule has 134 valence electrons. The van der Waals surface area contributed by atoms with Gasteiger partial charge in [-0.05, 0) is 55.6 Å². The minimum Gasteiger partial charge on any atom is -0.423 e. The Morgan fingerprint density at radius 2 is 2.00 bits per heavy atom. The first-order valence-corrected chi connectivity index (χ1v) is 9.08. The number of aryl methyl sites for hydroxylation is 1. The Labute approximate surface area is 151 Å². The molecule has 1 aromatic carbocycles. The first kappa shape index (κ1) is 18.0. The summed E-state index contributed by atoms with van der Waals surface area (Å²) in [6.07, 6.45) is 2.45. The van der Waals surface area contributed by atoms with Crippen LogP contribution in [0, 0.1) is 5.92 Å². The lowest BCUT2D eigenvalue weighted by Crippen LogP contribution is -2.39. The van der Waals surface area contributed by atoms with Crippen LogP contribution in [0.1, 0.15) is 30.9 Å². The van der Waals surface area contributed by atoms with Gasteiger partial charge in [0.1, 0.15) is 5.58 Å². The third-order valence-electron chi connectivity index (χ3n) is 4.98. The van der Waals surface area contributed by atoms with E-state index in [4.69, 9.17) is 16.0 Å². The topological polar surface area (TPSA) is 62.6 Å². The van der Waals surface area contributed by atoms with Crippen LogP contribution in [0.4, 0.5) is 0 Å². The van der Waals surface area contributed by atoms with Gasteiger partial charge in [0.2, 0.25) is 5.91 Å². The summed E-state index contributed by atoms with van der Waals surface area (Å²) in [6.45, 7) is 4.34. The third kappa shape index (κ3) is 3.88. The lowest BCUT2D eigenvalue weighted by atomic mass is 9.95. The molecular formula is C19H23ClN2O3. The molecule has 3 rings (SSSR count). The van der Waals surface area contributed by atoms with Crippen LogP contribution < -0.4 is 10.9 Å². The van der Waals surface area contributed by atoms with Gasteiger partial charge in [0.25, 0.3) is 0 Å². The first-order valence-electron chi connectivity index (χ1n) is 8.71. The number of nitrogens with zero attached hydrogens (tertiary/aromatic N) is 1. The van der Waals surface area contributed by atoms with E-state index in [1.807, 2.05) is 19.1 Å². The zero-order valence-corrected chi connectivity index (χ0v) is 15.4. The van der Waals surface area contributed by atoms with E-state index in [1.54, 1.807) is 13.1 Å². The summed E-state index contributed by atoms with van der Waals surface area (Å²) in [7, 11) is 1.68. The van der Waals surface area contributed by atoms with Gasteiger partial charge in [0.05, 0.1) is 0 Å². The predicted molar refractivity (Wildman–Crippen MR) is 98.9 cm³/mol. The molecular weight excluding hydrogens is 340 g/mol. The molecule has 0 saturated carbocycles. The molecule has 2 aromatic rings. The highest BCUT2D eigenvalue weighted by Gasteiger charge is 2.24. The number of rotatable bonds is 4. The molecule has 0 atom stereocenters. The molecule has 1 saturated heterocycles. The van der Waals surface area contributed by atoms with E-state index in [0.717, 1.165) is 48.9 Å². The smallest absolute Gasteiger partial charge is 0.336 e. The molecule has 0 bridgehead atoms. The molecule has 2 heterocycles. The third-order valence-corrected chi connectivity index (χ3v) is 5.33. The molecule has 0 spiro atoms. The summed E-state index contributed by atoms with van der Waals surface area (Å²) in [4.78, 5) is 26.0. The number of hydrogen-bond acceptors (Lipinski definition) is 4. The van der Waals surface area contributed by atoms with Gasteiger partial charge in [-0.25, -0.2) is 4.79 Å². The minimum absolute atomic E-state index is 0.0837. The van der Waals surface area contributed by atoms with Crippen molar-refractivity contribution in [3.8, 4) is 0 Å². The van der Waals surface area contributed by atoms with Crippen LogP contribution in [0.25, 0.3) is 11.0 Å². The highest BCUT2D eigenvalue weighted by molar-refractivity contribution is 6.32. The van der Waals surface area contributed by atoms with Gasteiger partial charge < -0.3 is 9.73 Å². The summed E-state index contributed by atoms with van der Waals surface area (Å²) >= 11 is 6.35. The summed E-state index contributed by atoms with van der Waals surface area (Å²) < 4.78 is 5.37. The van der Waals surface area contributed by atoms with Gasteiger partial charge in [0.15, 0.2) is 0 Å². The Morgan fingerprint density at radius 1 is 1.28 bits per heavy atom. The second-order valence-electron chi connectivity index (χ2n) is 6.55. The van der Waals surface area contributed by atoms with Crippen molar-refractivity contribution >= 4 is 28.5 Å². The average molecular weight is 363 g/mol. The molecule has 1 aliphatic heterocycles. The first-order chi connectivity index (χ1) is 12.0. The van der Waals surface area contributed by atoms with E-state index in [-0.39, 0.29) is 17.5 Å². The van der Waals surface area contributed by atoms with Gasteiger partial charge in [0, 0.05) is 36.0 Å². The molecule has 1 aliphatic rings. The van der Waals surface area contributed by atoms with Crippen LogP contribution >= 0.6 is 11.6 Å². The molecule has 0 radical (unpaired) electrons. The van der Waals surface area contributed by atoms with E-state index in [2.05, 4.69) is 10.2 Å². The number of nitrogens with one attached hydrogen (secondary N) is 1. The standard InChI is InChI=1S/C19H23ClN2O3/c1-3-12-8-17-15(10-16(12)20)14(9-18(23)25-17)11-22-6-4-13(5-7-22)19(24)21-2/h8-10,13H,3-7,11H2,1-2H3,(H,21,24). The lowest BCUT2D eigenvalue weighted by Gasteiger charge is -2.31. The van der Waals surface area contributed by atoms with Gasteiger partial charge in [-0.3, -0.25) is 9.69 Å². The summed E-state index contributed by atoms with van der Waals surface area (Å²) in [5, 5.41) is 4.30. The molecule has 0 unspecified atom stereocenters. The number of likely N-dealkylation sites (tertiary alicyclic amines) is 1. The molecule has 1 amide bonds. The molecule has 5 nitrogen and oxygen atoms in total. The summed E-state index contributed by atoms with van der Waals surface area (Å²) in [6, 6.07) is 5.31. The molecule has 1 fully saturated rings. The van der Waals surface area contributed by atoms with Crippen LogP contribution in [0.15, 0.2) is 27.4 Å². The fraction of sp³-hybridized carbons (Fsp3) is 0.474. The van der Waals surface area contributed by atoms with Gasteiger partial charge >= 0.3 is 5.63 Å². The highest BCUT2D eigenvalue weighted by Crippen LogP contribution is 2.28. The normalized spacial score (nSPS) is 16.3. The monoisotopic (exact) mass is 362 g/mol. The van der Waals surface area contributed by atoms with Crippen molar-refractivity contribution in [3.63, 3.8) is 0 Å². The van der Waals surface area contributed by atoms with E-state index < -0.39 is 0 Å². The fourth-order valence-corrected chi connectivity index (χ4v) is 3.79. The van der Waals surface area contributed by atoms with Crippen molar-refractivity contribution in [1.82, 2.24) is 10.2 Å². The zero-order chi connectivity index (χ0) is 18.0. The Morgan fingerprint density at radius 3 is 2.64 bits per heavy atom. The second-order valence-corrected chi connectivity index (χ2v) is 6.96. The number of carbonyl (C=O) groups excluding carboxylic acids is 1. The molecule has 6 heteroatoms. The largest absolute Gasteiger partial charge is 0.423 e. The van der Waals surface area contributed by atoms with Crippen molar-refractivity contribution in [2.45, 2.75) is 32.7 Å². The summed E-state index contributed by atoms with van der Waals surface area (Å²) in [5.74, 6) is 0.199. The Hall–Kier alpha value is -1.85. The highest BCUT2D eigenvalue weighted by atomic mass is 35.5. The van der Waals surface area contributed by atoms with Crippen molar-refractivity contribution in [1.29, 1.82) is 0 Å². The molecule has 1 aromatic heterocycles. The van der Waals surface area contributed by atoms with Crippen molar-refractivity contribution < 1.29 is 9.21 Å². The fourth-order valence-electron chi connectivity index (χ4n) is 3.49. The van der Waals surface area contributed by atoms with Gasteiger partial charge in [-0.1, -0.05) is 18.5 Å². The van der Waals surface area contributed by atoms with E-state index >= 15 is 0 Å². The van der Waals surface area contributed by atoms with Crippen LogP contribution in [-0.2, 0) is 17.8 Å². The van der Waals surface area contributed by atoms with E-state index in [0.29, 0.717) is 17.2 Å².